The number of piperazine rings is 1. The number of hydrogen-bond donors (Lipinski definition) is 1. The Kier molecular flexibility index (Phi) is 11.2. The van der Waals surface area contributed by atoms with Crippen LogP contribution in [0.3, 0.4) is 0 Å². The Morgan fingerprint density at radius 3 is 2.43 bits per heavy atom. The predicted molar refractivity (Wildman–Crippen MR) is 175 cm³/mol. The second kappa shape index (κ2) is 14.9. The van der Waals surface area contributed by atoms with Gasteiger partial charge in [-0.25, -0.2) is 4.68 Å². The molecule has 0 spiro atoms. The predicted octanol–water partition coefficient (Wildman–Crippen LogP) is 5.24. The summed E-state index contributed by atoms with van der Waals surface area (Å²) in [6, 6.07) is 12.6. The number of ketones is 1. The van der Waals surface area contributed by atoms with Crippen molar-refractivity contribution >= 4 is 58.2 Å². The van der Waals surface area contributed by atoms with Crippen LogP contribution in [-0.2, 0) is 16.1 Å². The second-order valence-corrected chi connectivity index (χ2v) is 11.2. The van der Waals surface area contributed by atoms with Gasteiger partial charge in [0.15, 0.2) is 5.78 Å². The number of carbonyl (C=O) groups is 3. The van der Waals surface area contributed by atoms with Gasteiger partial charge in [-0.3, -0.25) is 19.3 Å². The number of halogens is 2. The average molecular weight is 642 g/mol. The Hall–Kier alpha value is -3.70. The molecule has 4 aromatic rings. The van der Waals surface area contributed by atoms with E-state index < -0.39 is 0 Å². The molecule has 0 unspecified atom stereocenters. The van der Waals surface area contributed by atoms with Gasteiger partial charge in [-0.2, -0.15) is 5.10 Å². The van der Waals surface area contributed by atoms with Crippen LogP contribution in [0.25, 0.3) is 16.6 Å². The standard InChI is InChI=1S/C32H37ClN6O4.ClH/c1-4-5-30(40)27-19-34-39(22(27)2)25-9-7-24(8-10-25)35-32(42)28-20-38(29-11-6-23(33)18-26(28)29)21-31(41)37-14-12-36(13-15-37)16-17-43-3;/h6-11,18-20H,4-5,12-17,21H2,1-3H3,(H,35,42);1H. The van der Waals surface area contributed by atoms with Crippen molar-refractivity contribution in [2.24, 2.45) is 0 Å². The van der Waals surface area contributed by atoms with E-state index in [0.29, 0.717) is 53.3 Å². The van der Waals surface area contributed by atoms with Crippen LogP contribution >= 0.6 is 24.0 Å². The molecule has 2 aromatic carbocycles. The minimum Gasteiger partial charge on any atom is -0.383 e. The fraction of sp³-hybridized carbons (Fsp3) is 0.375. The first-order valence-electron chi connectivity index (χ1n) is 14.6. The lowest BCUT2D eigenvalue weighted by Crippen LogP contribution is -2.50. The van der Waals surface area contributed by atoms with Crippen molar-refractivity contribution in [3.8, 4) is 5.69 Å². The molecule has 0 bridgehead atoms. The third kappa shape index (κ3) is 7.32. The minimum absolute atomic E-state index is 0. The number of nitrogens with one attached hydrogen (secondary N) is 1. The number of hydrogen-bond acceptors (Lipinski definition) is 6. The largest absolute Gasteiger partial charge is 0.383 e. The number of ether oxygens (including phenoxy) is 1. The first-order chi connectivity index (χ1) is 20.8. The fourth-order valence-electron chi connectivity index (χ4n) is 5.46. The average Bonchev–Trinajstić information content (AvgIpc) is 3.56. The molecule has 10 nitrogen and oxygen atoms in total. The molecule has 1 saturated heterocycles. The zero-order chi connectivity index (χ0) is 30.5. The molecule has 0 radical (unpaired) electrons. The maximum absolute atomic E-state index is 13.5. The highest BCUT2D eigenvalue weighted by Crippen LogP contribution is 2.27. The number of amides is 2. The lowest BCUT2D eigenvalue weighted by molar-refractivity contribution is -0.133. The van der Waals surface area contributed by atoms with E-state index in [1.807, 2.05) is 41.5 Å². The van der Waals surface area contributed by atoms with E-state index in [-0.39, 0.29) is 36.5 Å². The van der Waals surface area contributed by atoms with Gasteiger partial charge >= 0.3 is 0 Å². The number of benzene rings is 2. The Balaban J connectivity index is 0.00000442. The van der Waals surface area contributed by atoms with Crippen LogP contribution in [0.4, 0.5) is 5.69 Å². The Morgan fingerprint density at radius 1 is 1.02 bits per heavy atom. The van der Waals surface area contributed by atoms with Gasteiger partial charge in [0.1, 0.15) is 6.54 Å². The lowest BCUT2D eigenvalue weighted by Gasteiger charge is -2.34. The van der Waals surface area contributed by atoms with Crippen molar-refractivity contribution in [3.05, 3.63) is 76.7 Å². The highest BCUT2D eigenvalue weighted by atomic mass is 35.5. The van der Waals surface area contributed by atoms with E-state index in [4.69, 9.17) is 16.3 Å². The Morgan fingerprint density at radius 2 is 1.75 bits per heavy atom. The normalized spacial score (nSPS) is 13.6. The summed E-state index contributed by atoms with van der Waals surface area (Å²) in [5.74, 6) is -0.216. The molecule has 234 valence electrons. The molecule has 1 fully saturated rings. The van der Waals surface area contributed by atoms with E-state index in [1.54, 1.807) is 48.5 Å². The number of anilines is 1. The summed E-state index contributed by atoms with van der Waals surface area (Å²) in [4.78, 5) is 43.2. The quantitative estimate of drug-likeness (QED) is 0.225. The van der Waals surface area contributed by atoms with Crippen LogP contribution in [0.1, 0.15) is 46.2 Å². The van der Waals surface area contributed by atoms with E-state index in [0.717, 1.165) is 43.0 Å². The Bertz CT molecular complexity index is 1620. The number of aromatic nitrogens is 3. The van der Waals surface area contributed by atoms with Gasteiger partial charge in [-0.15, -0.1) is 12.4 Å². The molecule has 0 saturated carbocycles. The maximum atomic E-state index is 13.5. The summed E-state index contributed by atoms with van der Waals surface area (Å²) >= 11 is 6.31. The van der Waals surface area contributed by atoms with E-state index in [2.05, 4.69) is 15.3 Å². The van der Waals surface area contributed by atoms with Gasteiger partial charge in [0.05, 0.1) is 35.3 Å². The zero-order valence-corrected chi connectivity index (χ0v) is 26.8. The van der Waals surface area contributed by atoms with Crippen LogP contribution < -0.4 is 5.32 Å². The molecule has 2 amide bonds. The summed E-state index contributed by atoms with van der Waals surface area (Å²) in [7, 11) is 1.69. The van der Waals surface area contributed by atoms with Crippen LogP contribution in [0.2, 0.25) is 5.02 Å². The molecule has 2 aromatic heterocycles. The summed E-state index contributed by atoms with van der Waals surface area (Å²) in [6.07, 6.45) is 4.60. The van der Waals surface area contributed by atoms with E-state index >= 15 is 0 Å². The summed E-state index contributed by atoms with van der Waals surface area (Å²) in [5.41, 5.74) is 3.98. The molecular formula is C32H38Cl2N6O4. The molecule has 0 aliphatic carbocycles. The van der Waals surface area contributed by atoms with Crippen LogP contribution in [0.5, 0.6) is 0 Å². The van der Waals surface area contributed by atoms with Gasteiger partial charge < -0.3 is 19.5 Å². The molecule has 3 heterocycles. The fourth-order valence-corrected chi connectivity index (χ4v) is 5.63. The topological polar surface area (TPSA) is 102 Å². The van der Waals surface area contributed by atoms with Crippen LogP contribution in [-0.4, -0.2) is 88.2 Å². The van der Waals surface area contributed by atoms with Gasteiger partial charge in [-0.05, 0) is 55.8 Å². The molecule has 1 N–H and O–H groups in total. The monoisotopic (exact) mass is 640 g/mol. The van der Waals surface area contributed by atoms with Gasteiger partial charge in [-0.1, -0.05) is 18.5 Å². The molecule has 44 heavy (non-hydrogen) atoms. The van der Waals surface area contributed by atoms with Gasteiger partial charge in [0, 0.05) is 74.1 Å². The molecule has 0 atom stereocenters. The van der Waals surface area contributed by atoms with Crippen molar-refractivity contribution in [3.63, 3.8) is 0 Å². The van der Waals surface area contributed by atoms with E-state index in [9.17, 15) is 14.4 Å². The highest BCUT2D eigenvalue weighted by Gasteiger charge is 2.23. The summed E-state index contributed by atoms with van der Waals surface area (Å²) in [6.45, 7) is 8.44. The maximum Gasteiger partial charge on any atom is 0.257 e. The SMILES string of the molecule is CCCC(=O)c1cnn(-c2ccc(NC(=O)c3cn(CC(=O)N4CCN(CCOC)CC4)c4ccc(Cl)cc34)cc2)c1C.Cl. The first-order valence-corrected chi connectivity index (χ1v) is 14.9. The third-order valence-electron chi connectivity index (χ3n) is 7.89. The Labute approximate surface area is 268 Å². The summed E-state index contributed by atoms with van der Waals surface area (Å²) < 4.78 is 8.71. The highest BCUT2D eigenvalue weighted by molar-refractivity contribution is 6.31. The summed E-state index contributed by atoms with van der Waals surface area (Å²) in [5, 5.41) is 8.55. The van der Waals surface area contributed by atoms with Crippen LogP contribution in [0, 0.1) is 6.92 Å². The van der Waals surface area contributed by atoms with Crippen molar-refractivity contribution < 1.29 is 19.1 Å². The van der Waals surface area contributed by atoms with Gasteiger partial charge in [0.2, 0.25) is 5.91 Å². The van der Waals surface area contributed by atoms with Crippen LogP contribution in [0.15, 0.2) is 54.9 Å². The van der Waals surface area contributed by atoms with Crippen molar-refractivity contribution in [1.82, 2.24) is 24.1 Å². The van der Waals surface area contributed by atoms with Gasteiger partial charge in [0.25, 0.3) is 5.91 Å². The number of fused-ring (bicyclic) bond motifs is 1. The lowest BCUT2D eigenvalue weighted by atomic mass is 10.1. The third-order valence-corrected chi connectivity index (χ3v) is 8.12. The molecular weight excluding hydrogens is 603 g/mol. The second-order valence-electron chi connectivity index (χ2n) is 10.8. The van der Waals surface area contributed by atoms with Crippen molar-refractivity contribution in [1.29, 1.82) is 0 Å². The number of Topliss-reactive ketones (excluding diaryl/α,β-unsaturated/α-hetero) is 1. The minimum atomic E-state index is -0.305. The smallest absolute Gasteiger partial charge is 0.257 e. The molecule has 5 rings (SSSR count). The van der Waals surface area contributed by atoms with E-state index in [1.165, 1.54) is 0 Å². The molecule has 12 heteroatoms. The number of rotatable bonds is 11. The van der Waals surface area contributed by atoms with Crippen molar-refractivity contribution in [2.45, 2.75) is 33.2 Å². The number of methoxy groups -OCH3 is 1. The number of nitrogens with zero attached hydrogens (tertiary/aromatic N) is 5. The molecule has 1 aliphatic rings. The zero-order valence-electron chi connectivity index (χ0n) is 25.2. The first kappa shape index (κ1) is 33.2. The van der Waals surface area contributed by atoms with Crippen molar-refractivity contribution in [2.75, 3.05) is 51.8 Å². The molecule has 1 aliphatic heterocycles. The number of carbonyl (C=O) groups excluding carboxylic acids is 3.